The van der Waals surface area contributed by atoms with E-state index in [0.717, 1.165) is 29.5 Å². The number of anilines is 1. The first-order valence-corrected chi connectivity index (χ1v) is 6.94. The van der Waals surface area contributed by atoms with Crippen molar-refractivity contribution in [3.05, 3.63) is 23.5 Å². The maximum atomic E-state index is 6.09. The van der Waals surface area contributed by atoms with Gasteiger partial charge in [0.05, 0.1) is 6.20 Å². The van der Waals surface area contributed by atoms with Crippen molar-refractivity contribution in [3.63, 3.8) is 0 Å². The zero-order chi connectivity index (χ0) is 12.1. The van der Waals surface area contributed by atoms with E-state index in [9.17, 15) is 0 Å². The molecule has 4 rings (SSSR count). The van der Waals surface area contributed by atoms with Crippen LogP contribution in [0.5, 0.6) is 0 Å². The molecular formula is C14H18N4. The van der Waals surface area contributed by atoms with Crippen molar-refractivity contribution in [2.24, 2.45) is 5.92 Å². The van der Waals surface area contributed by atoms with E-state index in [1.807, 2.05) is 12.3 Å². The Morgan fingerprint density at radius 1 is 1.28 bits per heavy atom. The van der Waals surface area contributed by atoms with E-state index in [1.165, 1.54) is 37.7 Å². The number of hydrogen-bond donors (Lipinski definition) is 1. The molecule has 0 aliphatic heterocycles. The van der Waals surface area contributed by atoms with Gasteiger partial charge in [0.25, 0.3) is 0 Å². The number of fused-ring (bicyclic) bond motifs is 1. The molecule has 2 aromatic rings. The van der Waals surface area contributed by atoms with Crippen molar-refractivity contribution in [2.45, 2.75) is 44.4 Å². The van der Waals surface area contributed by atoms with Crippen LogP contribution < -0.4 is 5.73 Å². The summed E-state index contributed by atoms with van der Waals surface area (Å²) in [6.45, 7) is 0. The van der Waals surface area contributed by atoms with Gasteiger partial charge >= 0.3 is 0 Å². The summed E-state index contributed by atoms with van der Waals surface area (Å²) < 4.78 is 1.79. The summed E-state index contributed by atoms with van der Waals surface area (Å²) in [5.41, 5.74) is 9.51. The van der Waals surface area contributed by atoms with Gasteiger partial charge in [-0.05, 0) is 31.1 Å². The van der Waals surface area contributed by atoms with E-state index in [2.05, 4.69) is 5.10 Å². The summed E-state index contributed by atoms with van der Waals surface area (Å²) in [4.78, 5) is 4.80. The normalized spacial score (nSPS) is 20.2. The van der Waals surface area contributed by atoms with Crippen molar-refractivity contribution < 1.29 is 0 Å². The first kappa shape index (κ1) is 10.4. The molecule has 4 heteroatoms. The van der Waals surface area contributed by atoms with Crippen LogP contribution in [-0.2, 0) is 6.42 Å². The van der Waals surface area contributed by atoms with Gasteiger partial charge in [0.15, 0.2) is 5.65 Å². The third kappa shape index (κ3) is 1.59. The van der Waals surface area contributed by atoms with E-state index in [4.69, 9.17) is 10.7 Å². The van der Waals surface area contributed by atoms with E-state index in [0.29, 0.717) is 5.92 Å². The fraction of sp³-hybridized carbons (Fsp3) is 0.571. The molecule has 2 aliphatic carbocycles. The first-order valence-electron chi connectivity index (χ1n) is 6.94. The van der Waals surface area contributed by atoms with Crippen LogP contribution in [0.25, 0.3) is 5.65 Å². The Morgan fingerprint density at radius 2 is 2.11 bits per heavy atom. The minimum absolute atomic E-state index is 0.674. The second kappa shape index (κ2) is 3.70. The summed E-state index contributed by atoms with van der Waals surface area (Å²) in [7, 11) is 0. The average Bonchev–Trinajstić information content (AvgIpc) is 3.05. The second-order valence-electron chi connectivity index (χ2n) is 5.78. The summed E-state index contributed by atoms with van der Waals surface area (Å²) in [6, 6.07) is 2.00. The van der Waals surface area contributed by atoms with Crippen LogP contribution in [0.4, 0.5) is 5.82 Å². The van der Waals surface area contributed by atoms with E-state index in [1.54, 1.807) is 4.52 Å². The highest BCUT2D eigenvalue weighted by Gasteiger charge is 2.28. The molecule has 0 aromatic carbocycles. The highest BCUT2D eigenvalue weighted by molar-refractivity contribution is 5.55. The molecule has 94 valence electrons. The third-order valence-electron chi connectivity index (χ3n) is 4.32. The molecule has 0 unspecified atom stereocenters. The molecule has 0 spiro atoms. The Kier molecular flexibility index (Phi) is 2.13. The van der Waals surface area contributed by atoms with Crippen molar-refractivity contribution in [1.29, 1.82) is 0 Å². The van der Waals surface area contributed by atoms with Crippen LogP contribution in [0.2, 0.25) is 0 Å². The van der Waals surface area contributed by atoms with Crippen molar-refractivity contribution >= 4 is 11.5 Å². The predicted octanol–water partition coefficient (Wildman–Crippen LogP) is 2.53. The third-order valence-corrected chi connectivity index (χ3v) is 4.32. The zero-order valence-corrected chi connectivity index (χ0v) is 10.5. The lowest BCUT2D eigenvalue weighted by molar-refractivity contribution is 0.312. The maximum absolute atomic E-state index is 6.09. The molecule has 2 aliphatic rings. The SMILES string of the molecule is Nc1cc(CC2CCC2)nc2c(C3CC3)cnn12. The molecule has 18 heavy (non-hydrogen) atoms. The summed E-state index contributed by atoms with van der Waals surface area (Å²) in [5.74, 6) is 2.22. The van der Waals surface area contributed by atoms with Gasteiger partial charge in [-0.15, -0.1) is 0 Å². The van der Waals surface area contributed by atoms with Crippen molar-refractivity contribution in [1.82, 2.24) is 14.6 Å². The Morgan fingerprint density at radius 3 is 2.78 bits per heavy atom. The minimum atomic E-state index is 0.674. The molecule has 2 fully saturated rings. The van der Waals surface area contributed by atoms with Gasteiger partial charge in [-0.3, -0.25) is 0 Å². The van der Waals surface area contributed by atoms with E-state index >= 15 is 0 Å². The molecule has 4 nitrogen and oxygen atoms in total. The monoisotopic (exact) mass is 242 g/mol. The highest BCUT2D eigenvalue weighted by Crippen LogP contribution is 2.41. The Labute approximate surface area is 106 Å². The molecule has 0 amide bonds. The summed E-state index contributed by atoms with van der Waals surface area (Å²) in [5, 5.41) is 4.36. The number of rotatable bonds is 3. The lowest BCUT2D eigenvalue weighted by atomic mass is 9.82. The van der Waals surface area contributed by atoms with Crippen LogP contribution in [0.15, 0.2) is 12.3 Å². The lowest BCUT2D eigenvalue weighted by Crippen LogP contribution is -2.15. The predicted molar refractivity (Wildman–Crippen MR) is 70.4 cm³/mol. The summed E-state index contributed by atoms with van der Waals surface area (Å²) >= 11 is 0. The Hall–Kier alpha value is -1.58. The lowest BCUT2D eigenvalue weighted by Gasteiger charge is -2.24. The molecule has 2 aromatic heterocycles. The van der Waals surface area contributed by atoms with E-state index < -0.39 is 0 Å². The fourth-order valence-electron chi connectivity index (χ4n) is 2.84. The molecule has 2 heterocycles. The van der Waals surface area contributed by atoms with Gasteiger partial charge in [-0.2, -0.15) is 9.61 Å². The van der Waals surface area contributed by atoms with Crippen LogP contribution >= 0.6 is 0 Å². The standard InChI is InChI=1S/C14H18N4/c15-13-7-11(6-9-2-1-3-9)17-14-12(10-4-5-10)8-16-18(13)14/h7-10H,1-6,15H2. The van der Waals surface area contributed by atoms with Crippen molar-refractivity contribution in [2.75, 3.05) is 5.73 Å². The molecule has 0 radical (unpaired) electrons. The molecule has 2 N–H and O–H groups in total. The number of nitrogens with two attached hydrogens (primary N) is 1. The first-order chi connectivity index (χ1) is 8.81. The molecular weight excluding hydrogens is 224 g/mol. The van der Waals surface area contributed by atoms with Crippen molar-refractivity contribution in [3.8, 4) is 0 Å². The van der Waals surface area contributed by atoms with Gasteiger partial charge < -0.3 is 5.73 Å². The number of nitrogen functional groups attached to an aromatic ring is 1. The highest BCUT2D eigenvalue weighted by atomic mass is 15.3. The minimum Gasteiger partial charge on any atom is -0.384 e. The average molecular weight is 242 g/mol. The largest absolute Gasteiger partial charge is 0.384 e. The van der Waals surface area contributed by atoms with Crippen LogP contribution in [0.3, 0.4) is 0 Å². The zero-order valence-electron chi connectivity index (χ0n) is 10.5. The van der Waals surface area contributed by atoms with Crippen LogP contribution in [-0.4, -0.2) is 14.6 Å². The molecule has 0 saturated heterocycles. The smallest absolute Gasteiger partial charge is 0.161 e. The van der Waals surface area contributed by atoms with Gasteiger partial charge in [0, 0.05) is 17.3 Å². The van der Waals surface area contributed by atoms with Gasteiger partial charge in [0.2, 0.25) is 0 Å². The molecule has 0 atom stereocenters. The fourth-order valence-corrected chi connectivity index (χ4v) is 2.84. The van der Waals surface area contributed by atoms with Crippen LogP contribution in [0, 0.1) is 5.92 Å². The number of aromatic nitrogens is 3. The topological polar surface area (TPSA) is 56.2 Å². The number of nitrogens with zero attached hydrogens (tertiary/aromatic N) is 3. The molecule has 2 saturated carbocycles. The summed E-state index contributed by atoms with van der Waals surface area (Å²) in [6.07, 6.45) is 9.65. The number of hydrogen-bond acceptors (Lipinski definition) is 3. The quantitative estimate of drug-likeness (QED) is 0.899. The van der Waals surface area contributed by atoms with Gasteiger partial charge in [-0.1, -0.05) is 19.3 Å². The van der Waals surface area contributed by atoms with E-state index in [-0.39, 0.29) is 0 Å². The Balaban J connectivity index is 1.76. The Bertz CT molecular complexity index is 593. The van der Waals surface area contributed by atoms with Gasteiger partial charge in [0.1, 0.15) is 5.82 Å². The van der Waals surface area contributed by atoms with Gasteiger partial charge in [-0.25, -0.2) is 4.98 Å². The maximum Gasteiger partial charge on any atom is 0.161 e. The molecule has 0 bridgehead atoms. The van der Waals surface area contributed by atoms with Crippen LogP contribution in [0.1, 0.15) is 49.3 Å². The second-order valence-corrected chi connectivity index (χ2v) is 5.78.